The fraction of sp³-hybridized carbons (Fsp3) is 0.750. The van der Waals surface area contributed by atoms with Crippen molar-refractivity contribution in [3.63, 3.8) is 0 Å². The lowest BCUT2D eigenvalue weighted by atomic mass is 10.1. The zero-order valence-electron chi connectivity index (χ0n) is 7.79. The third-order valence-corrected chi connectivity index (χ3v) is 1.64. The molecule has 0 aliphatic carbocycles. The summed E-state index contributed by atoms with van der Waals surface area (Å²) in [7, 11) is 0. The predicted molar refractivity (Wildman–Crippen MR) is 48.5 cm³/mol. The molecule has 0 aromatic heterocycles. The van der Waals surface area contributed by atoms with E-state index in [1.165, 1.54) is 0 Å². The van der Waals surface area contributed by atoms with Crippen molar-refractivity contribution in [2.24, 2.45) is 5.92 Å². The number of carbonyl (C=O) groups excluding carboxylic acids is 1. The minimum atomic E-state index is 0.479. The van der Waals surface area contributed by atoms with Crippen LogP contribution in [0.3, 0.4) is 0 Å². The van der Waals surface area contributed by atoms with Crippen LogP contribution in [0.2, 0.25) is 0 Å². The van der Waals surface area contributed by atoms with Crippen molar-refractivity contribution in [1.29, 1.82) is 5.41 Å². The van der Waals surface area contributed by atoms with Gasteiger partial charge in [0.25, 0.3) is 0 Å². The van der Waals surface area contributed by atoms with Gasteiger partial charge in [-0.25, -0.2) is 0 Å². The summed E-state index contributed by atoms with van der Waals surface area (Å²) in [6.07, 6.45) is 2.45. The maximum absolute atomic E-state index is 8.00. The van der Waals surface area contributed by atoms with E-state index in [-0.39, 0.29) is 0 Å². The number of carbonyl (C=O) groups is 1. The molecule has 76 valence electrons. The second-order valence-corrected chi connectivity index (χ2v) is 2.88. The molecule has 5 nitrogen and oxygen atoms in total. The Morgan fingerprint density at radius 2 is 2.46 bits per heavy atom. The molecule has 0 aromatic carbocycles. The van der Waals surface area contributed by atoms with Crippen LogP contribution < -0.4 is 5.48 Å². The van der Waals surface area contributed by atoms with Crippen LogP contribution in [0.5, 0.6) is 0 Å². The number of hydrogen-bond acceptors (Lipinski definition) is 5. The van der Waals surface area contributed by atoms with Crippen LogP contribution in [0.25, 0.3) is 0 Å². The van der Waals surface area contributed by atoms with E-state index in [9.17, 15) is 0 Å². The van der Waals surface area contributed by atoms with E-state index in [2.05, 4.69) is 17.2 Å². The van der Waals surface area contributed by atoms with Crippen molar-refractivity contribution in [2.75, 3.05) is 13.2 Å². The van der Waals surface area contributed by atoms with Gasteiger partial charge in [0.1, 0.15) is 6.79 Å². The molecule has 0 radical (unpaired) electrons. The SMILES string of the molecule is C=O.CC(CNOC=N)CC1CO1. The summed E-state index contributed by atoms with van der Waals surface area (Å²) < 4.78 is 5.07. The van der Waals surface area contributed by atoms with Crippen LogP contribution in [-0.2, 0) is 14.4 Å². The standard InChI is InChI=1S/C7H14N2O2.CH2O/c1-6(2-7-4-10-7)3-9-11-5-8;1-2/h5-9H,2-4H2,1H3;1H2. The van der Waals surface area contributed by atoms with Crippen molar-refractivity contribution in [1.82, 2.24) is 5.48 Å². The van der Waals surface area contributed by atoms with Gasteiger partial charge in [0, 0.05) is 6.54 Å². The maximum Gasteiger partial charge on any atom is 0.193 e. The molecule has 5 heteroatoms. The zero-order valence-corrected chi connectivity index (χ0v) is 7.79. The van der Waals surface area contributed by atoms with Crippen molar-refractivity contribution in [2.45, 2.75) is 19.4 Å². The molecule has 0 saturated carbocycles. The molecule has 0 spiro atoms. The molecule has 0 aromatic rings. The summed E-state index contributed by atoms with van der Waals surface area (Å²) in [6.45, 7) is 5.81. The van der Waals surface area contributed by atoms with E-state index in [0.717, 1.165) is 26.0 Å². The first-order valence-corrected chi connectivity index (χ1v) is 4.11. The number of nitrogens with one attached hydrogen (secondary N) is 2. The summed E-state index contributed by atoms with van der Waals surface area (Å²) in [5.41, 5.74) is 2.67. The Hall–Kier alpha value is -0.940. The van der Waals surface area contributed by atoms with Gasteiger partial charge in [-0.1, -0.05) is 6.92 Å². The Balaban J connectivity index is 0.000000671. The average molecular weight is 188 g/mol. The molecule has 1 fully saturated rings. The highest BCUT2D eigenvalue weighted by molar-refractivity contribution is 5.40. The minimum absolute atomic E-state index is 0.479. The summed E-state index contributed by atoms with van der Waals surface area (Å²) in [5.74, 6) is 0.544. The number of hydroxylamine groups is 1. The summed E-state index contributed by atoms with van der Waals surface area (Å²) in [4.78, 5) is 12.6. The highest BCUT2D eigenvalue weighted by atomic mass is 16.6. The molecule has 1 heterocycles. The third-order valence-electron chi connectivity index (χ3n) is 1.64. The lowest BCUT2D eigenvalue weighted by molar-refractivity contribution is -0.0979. The Kier molecular flexibility index (Phi) is 7.14. The number of hydrogen-bond donors (Lipinski definition) is 2. The molecular weight excluding hydrogens is 172 g/mol. The molecule has 2 unspecified atom stereocenters. The van der Waals surface area contributed by atoms with Crippen molar-refractivity contribution in [3.05, 3.63) is 0 Å². The van der Waals surface area contributed by atoms with E-state index in [4.69, 9.17) is 14.9 Å². The highest BCUT2D eigenvalue weighted by Gasteiger charge is 2.24. The van der Waals surface area contributed by atoms with E-state index in [0.29, 0.717) is 12.0 Å². The first-order chi connectivity index (χ1) is 6.33. The van der Waals surface area contributed by atoms with Gasteiger partial charge in [-0.3, -0.25) is 5.41 Å². The topological polar surface area (TPSA) is 74.7 Å². The van der Waals surface area contributed by atoms with Gasteiger partial charge in [0.2, 0.25) is 0 Å². The zero-order chi connectivity index (χ0) is 10.1. The molecule has 2 atom stereocenters. The predicted octanol–water partition coefficient (Wildman–Crippen LogP) is 0.355. The van der Waals surface area contributed by atoms with Crippen molar-refractivity contribution >= 4 is 13.2 Å². The van der Waals surface area contributed by atoms with E-state index < -0.39 is 0 Å². The Labute approximate surface area is 77.9 Å². The van der Waals surface area contributed by atoms with Crippen molar-refractivity contribution in [3.8, 4) is 0 Å². The van der Waals surface area contributed by atoms with Crippen LogP contribution in [0.15, 0.2) is 0 Å². The monoisotopic (exact) mass is 188 g/mol. The van der Waals surface area contributed by atoms with Crippen LogP contribution in [0.4, 0.5) is 0 Å². The maximum atomic E-state index is 8.00. The quantitative estimate of drug-likeness (QED) is 0.207. The third kappa shape index (κ3) is 7.42. The van der Waals surface area contributed by atoms with Gasteiger partial charge in [0.15, 0.2) is 6.40 Å². The van der Waals surface area contributed by atoms with Crippen LogP contribution in [-0.4, -0.2) is 32.4 Å². The van der Waals surface area contributed by atoms with E-state index >= 15 is 0 Å². The molecule has 1 aliphatic rings. The normalized spacial score (nSPS) is 20.8. The van der Waals surface area contributed by atoms with Crippen LogP contribution >= 0.6 is 0 Å². The highest BCUT2D eigenvalue weighted by Crippen LogP contribution is 2.18. The molecule has 1 rings (SSSR count). The number of rotatable bonds is 6. The number of ether oxygens (including phenoxy) is 1. The Morgan fingerprint density at radius 3 is 2.92 bits per heavy atom. The van der Waals surface area contributed by atoms with Crippen LogP contribution in [0.1, 0.15) is 13.3 Å². The summed E-state index contributed by atoms with van der Waals surface area (Å²) in [6, 6.07) is 0. The lowest BCUT2D eigenvalue weighted by Crippen LogP contribution is -2.21. The smallest absolute Gasteiger partial charge is 0.193 e. The van der Waals surface area contributed by atoms with Gasteiger partial charge < -0.3 is 14.4 Å². The molecule has 2 N–H and O–H groups in total. The fourth-order valence-corrected chi connectivity index (χ4v) is 0.968. The first-order valence-electron chi connectivity index (χ1n) is 4.11. The largest absolute Gasteiger partial charge is 0.397 e. The van der Waals surface area contributed by atoms with Gasteiger partial charge in [-0.2, -0.15) is 5.48 Å². The van der Waals surface area contributed by atoms with Gasteiger partial charge in [-0.15, -0.1) is 0 Å². The fourth-order valence-electron chi connectivity index (χ4n) is 0.968. The molecular formula is C8H16N2O3. The van der Waals surface area contributed by atoms with E-state index in [1.807, 2.05) is 6.79 Å². The average Bonchev–Trinajstić information content (AvgIpc) is 2.92. The summed E-state index contributed by atoms with van der Waals surface area (Å²) in [5, 5.41) is 6.57. The molecule has 1 aliphatic heterocycles. The van der Waals surface area contributed by atoms with Gasteiger partial charge in [0.05, 0.1) is 12.7 Å². The lowest BCUT2D eigenvalue weighted by Gasteiger charge is -2.08. The Morgan fingerprint density at radius 1 is 1.85 bits per heavy atom. The Bertz CT molecular complexity index is 139. The first kappa shape index (κ1) is 12.1. The van der Waals surface area contributed by atoms with Crippen molar-refractivity contribution < 1.29 is 14.4 Å². The molecule has 13 heavy (non-hydrogen) atoms. The minimum Gasteiger partial charge on any atom is -0.397 e. The van der Waals surface area contributed by atoms with Gasteiger partial charge >= 0.3 is 0 Å². The summed E-state index contributed by atoms with van der Waals surface area (Å²) >= 11 is 0. The second kappa shape index (κ2) is 7.70. The molecule has 1 saturated heterocycles. The van der Waals surface area contributed by atoms with E-state index in [1.54, 1.807) is 0 Å². The van der Waals surface area contributed by atoms with Crippen LogP contribution in [0, 0.1) is 11.3 Å². The van der Waals surface area contributed by atoms with Gasteiger partial charge in [-0.05, 0) is 12.3 Å². The molecule has 0 bridgehead atoms. The molecule has 0 amide bonds. The second-order valence-electron chi connectivity index (χ2n) is 2.88. The number of epoxide rings is 1.